The maximum Gasteiger partial charge on any atom is 0.303 e. The zero-order valence-electron chi connectivity index (χ0n) is 15.3. The quantitative estimate of drug-likeness (QED) is 0.330. The number of hydrogen-bond acceptors (Lipinski definition) is 7. The van der Waals surface area contributed by atoms with Crippen molar-refractivity contribution in [1.29, 1.82) is 0 Å². The van der Waals surface area contributed by atoms with E-state index in [9.17, 15) is 19.5 Å². The number of aromatic hydroxyl groups is 1. The Hall–Kier alpha value is -2.59. The van der Waals surface area contributed by atoms with Gasteiger partial charge in [-0.15, -0.1) is 0 Å². The Bertz CT molecular complexity index is 839. The molecule has 2 rings (SSSR count). The monoisotopic (exact) mass is 424 g/mol. The molecule has 1 heterocycles. The summed E-state index contributed by atoms with van der Waals surface area (Å²) >= 11 is 6.33. The molecule has 3 N–H and O–H groups in total. The van der Waals surface area contributed by atoms with Crippen molar-refractivity contribution in [3.05, 3.63) is 28.7 Å². The first-order valence-electron chi connectivity index (χ1n) is 8.38. The van der Waals surface area contributed by atoms with Gasteiger partial charge in [-0.3, -0.25) is 19.3 Å². The van der Waals surface area contributed by atoms with Crippen LogP contribution in [0.1, 0.15) is 25.3 Å². The minimum Gasteiger partial charge on any atom is -0.504 e. The van der Waals surface area contributed by atoms with Crippen molar-refractivity contribution in [3.8, 4) is 11.5 Å². The van der Waals surface area contributed by atoms with Crippen molar-refractivity contribution in [2.75, 3.05) is 13.7 Å². The van der Waals surface area contributed by atoms with E-state index in [0.29, 0.717) is 16.9 Å². The number of ether oxygens (including phenoxy) is 1. The summed E-state index contributed by atoms with van der Waals surface area (Å²) in [5.41, 5.74) is 0.640. The van der Waals surface area contributed by atoms with Gasteiger partial charge >= 0.3 is 5.97 Å². The number of methoxy groups -OCH3 is 1. The molecule has 1 aromatic carbocycles. The highest BCUT2D eigenvalue weighted by atomic mass is 32.2. The van der Waals surface area contributed by atoms with Crippen LogP contribution in [0.2, 0.25) is 0 Å². The number of carboxylic acid groups (broad SMARTS) is 1. The molecule has 1 atom stereocenters. The Morgan fingerprint density at radius 1 is 1.43 bits per heavy atom. The minimum atomic E-state index is -0.935. The molecule has 0 radical (unpaired) electrons. The second kappa shape index (κ2) is 9.56. The van der Waals surface area contributed by atoms with Gasteiger partial charge in [-0.2, -0.15) is 0 Å². The molecule has 10 heteroatoms. The van der Waals surface area contributed by atoms with Crippen LogP contribution in [0.5, 0.6) is 11.5 Å². The van der Waals surface area contributed by atoms with E-state index in [1.54, 1.807) is 25.1 Å². The van der Waals surface area contributed by atoms with Crippen LogP contribution in [0.15, 0.2) is 23.1 Å². The fraction of sp³-hybridized carbons (Fsp3) is 0.333. The normalized spacial score (nSPS) is 16.4. The Labute approximate surface area is 171 Å². The Morgan fingerprint density at radius 2 is 2.14 bits per heavy atom. The molecule has 1 unspecified atom stereocenters. The summed E-state index contributed by atoms with van der Waals surface area (Å²) < 4.78 is 5.31. The number of carbonyl (C=O) groups is 3. The molecule has 0 aromatic heterocycles. The van der Waals surface area contributed by atoms with Gasteiger partial charge in [0, 0.05) is 13.0 Å². The van der Waals surface area contributed by atoms with Crippen molar-refractivity contribution in [2.24, 2.45) is 0 Å². The largest absolute Gasteiger partial charge is 0.504 e. The molecule has 0 aliphatic carbocycles. The van der Waals surface area contributed by atoms with E-state index in [2.05, 4.69) is 5.32 Å². The van der Waals surface area contributed by atoms with Gasteiger partial charge in [0.2, 0.25) is 5.91 Å². The highest BCUT2D eigenvalue weighted by molar-refractivity contribution is 8.26. The summed E-state index contributed by atoms with van der Waals surface area (Å²) in [6, 6.07) is 3.85. The smallest absolute Gasteiger partial charge is 0.303 e. The van der Waals surface area contributed by atoms with Crippen molar-refractivity contribution < 1.29 is 29.3 Å². The highest BCUT2D eigenvalue weighted by Crippen LogP contribution is 2.35. The lowest BCUT2D eigenvalue weighted by atomic mass is 10.1. The summed E-state index contributed by atoms with van der Waals surface area (Å²) in [6.07, 6.45) is 1.86. The molecule has 0 spiro atoms. The summed E-state index contributed by atoms with van der Waals surface area (Å²) in [6.45, 7) is 1.76. The third-order valence-electron chi connectivity index (χ3n) is 3.96. The van der Waals surface area contributed by atoms with E-state index in [1.165, 1.54) is 18.1 Å². The van der Waals surface area contributed by atoms with Crippen LogP contribution in [-0.4, -0.2) is 56.9 Å². The maximum absolute atomic E-state index is 12.7. The van der Waals surface area contributed by atoms with Crippen molar-refractivity contribution in [1.82, 2.24) is 10.2 Å². The number of carbonyl (C=O) groups excluding carboxylic acids is 2. The van der Waals surface area contributed by atoms with Crippen LogP contribution < -0.4 is 10.1 Å². The summed E-state index contributed by atoms with van der Waals surface area (Å²) in [5.74, 6) is -1.47. The van der Waals surface area contributed by atoms with Gasteiger partial charge in [-0.25, -0.2) is 0 Å². The number of hydrogen-bond donors (Lipinski definition) is 3. The number of nitrogens with one attached hydrogen (secondary N) is 1. The zero-order chi connectivity index (χ0) is 20.8. The molecule has 0 bridgehead atoms. The van der Waals surface area contributed by atoms with E-state index >= 15 is 0 Å². The number of carboxylic acids is 1. The molecule has 2 amide bonds. The highest BCUT2D eigenvalue weighted by Gasteiger charge is 2.38. The molecule has 1 aliphatic rings. The van der Waals surface area contributed by atoms with E-state index in [0.717, 1.165) is 11.8 Å². The third kappa shape index (κ3) is 5.23. The molecule has 150 valence electrons. The van der Waals surface area contributed by atoms with Gasteiger partial charge in [0.1, 0.15) is 10.4 Å². The molecule has 1 saturated heterocycles. The predicted molar refractivity (Wildman–Crippen MR) is 109 cm³/mol. The average Bonchev–Trinajstić information content (AvgIpc) is 2.92. The number of thiocarbonyl (C=S) groups is 1. The molecule has 1 fully saturated rings. The molecular weight excluding hydrogens is 404 g/mol. The Morgan fingerprint density at radius 3 is 2.79 bits per heavy atom. The van der Waals surface area contributed by atoms with Crippen LogP contribution in [0.4, 0.5) is 0 Å². The fourth-order valence-corrected chi connectivity index (χ4v) is 3.88. The topological polar surface area (TPSA) is 116 Å². The first kappa shape index (κ1) is 21.7. The van der Waals surface area contributed by atoms with Crippen LogP contribution in [-0.2, 0) is 14.4 Å². The zero-order valence-corrected chi connectivity index (χ0v) is 16.9. The molecule has 1 aliphatic heterocycles. The number of benzene rings is 1. The second-order valence-corrected chi connectivity index (χ2v) is 7.62. The van der Waals surface area contributed by atoms with E-state index in [-0.39, 0.29) is 28.8 Å². The number of amides is 2. The molecule has 0 saturated carbocycles. The Kier molecular flexibility index (Phi) is 7.41. The standard InChI is InChI=1S/C18H20N2O6S2/c1-10(16(24)19-7-3-4-15(22)23)20-17(25)14(28-18(20)27)9-11-5-6-12(21)13(8-11)26-2/h5-6,8-10,21H,3-4,7H2,1-2H3,(H,19,24)(H,22,23)/b14-9-. The number of phenolic OH excluding ortho intramolecular Hbond substituents is 1. The van der Waals surface area contributed by atoms with E-state index in [4.69, 9.17) is 22.1 Å². The van der Waals surface area contributed by atoms with Crippen LogP contribution in [0.25, 0.3) is 6.08 Å². The minimum absolute atomic E-state index is 0.0135. The second-order valence-electron chi connectivity index (χ2n) is 5.95. The Balaban J connectivity index is 2.08. The average molecular weight is 425 g/mol. The number of phenols is 1. The number of thioether (sulfide) groups is 1. The number of nitrogens with zero attached hydrogens (tertiary/aromatic N) is 1. The third-order valence-corrected chi connectivity index (χ3v) is 5.29. The first-order valence-corrected chi connectivity index (χ1v) is 9.60. The SMILES string of the molecule is COc1cc(/C=C2\SC(=S)N(C(C)C(=O)NCCCC(=O)O)C2=O)ccc1O. The predicted octanol–water partition coefficient (Wildman–Crippen LogP) is 1.97. The molecule has 28 heavy (non-hydrogen) atoms. The van der Waals surface area contributed by atoms with Crippen molar-refractivity contribution in [3.63, 3.8) is 0 Å². The lowest BCUT2D eigenvalue weighted by Gasteiger charge is -2.22. The lowest BCUT2D eigenvalue weighted by Crippen LogP contribution is -2.47. The van der Waals surface area contributed by atoms with Gasteiger partial charge in [-0.1, -0.05) is 30.0 Å². The van der Waals surface area contributed by atoms with Crippen LogP contribution in [0.3, 0.4) is 0 Å². The van der Waals surface area contributed by atoms with Crippen LogP contribution in [0, 0.1) is 0 Å². The molecular formula is C18H20N2O6S2. The maximum atomic E-state index is 12.7. The van der Waals surface area contributed by atoms with Gasteiger partial charge in [0.05, 0.1) is 12.0 Å². The fourth-order valence-electron chi connectivity index (χ4n) is 2.47. The van der Waals surface area contributed by atoms with Gasteiger partial charge in [0.15, 0.2) is 11.5 Å². The summed E-state index contributed by atoms with van der Waals surface area (Å²) in [7, 11) is 1.43. The number of aliphatic carboxylic acids is 1. The number of rotatable bonds is 8. The van der Waals surface area contributed by atoms with Gasteiger partial charge in [0.25, 0.3) is 5.91 Å². The van der Waals surface area contributed by atoms with Gasteiger partial charge < -0.3 is 20.3 Å². The lowest BCUT2D eigenvalue weighted by molar-refractivity contribution is -0.137. The van der Waals surface area contributed by atoms with Gasteiger partial charge in [-0.05, 0) is 37.1 Å². The van der Waals surface area contributed by atoms with Crippen LogP contribution >= 0.6 is 24.0 Å². The van der Waals surface area contributed by atoms with E-state index in [1.807, 2.05) is 0 Å². The summed E-state index contributed by atoms with van der Waals surface area (Å²) in [5, 5.41) is 20.9. The molecule has 8 nitrogen and oxygen atoms in total. The molecule has 1 aromatic rings. The van der Waals surface area contributed by atoms with Crippen molar-refractivity contribution in [2.45, 2.75) is 25.8 Å². The summed E-state index contributed by atoms with van der Waals surface area (Å²) in [4.78, 5) is 37.1. The van der Waals surface area contributed by atoms with Crippen molar-refractivity contribution >= 4 is 52.2 Å². The van der Waals surface area contributed by atoms with E-state index < -0.39 is 23.8 Å². The first-order chi connectivity index (χ1) is 13.2.